The van der Waals surface area contributed by atoms with Gasteiger partial charge in [-0.1, -0.05) is 6.08 Å². The minimum atomic E-state index is -0.116. The standard InChI is InChI=1S/C8H9NO/c1-6(10)8(5-9)4-7-2-3-7/h4,7H,2-3H2,1H3/b8-4-. The van der Waals surface area contributed by atoms with Crippen molar-refractivity contribution in [3.8, 4) is 6.07 Å². The van der Waals surface area contributed by atoms with Gasteiger partial charge in [-0.15, -0.1) is 0 Å². The van der Waals surface area contributed by atoms with Crippen molar-refractivity contribution >= 4 is 5.78 Å². The van der Waals surface area contributed by atoms with E-state index in [4.69, 9.17) is 5.26 Å². The summed E-state index contributed by atoms with van der Waals surface area (Å²) in [5, 5.41) is 8.43. The van der Waals surface area contributed by atoms with Gasteiger partial charge in [0, 0.05) is 0 Å². The monoisotopic (exact) mass is 135 g/mol. The fraction of sp³-hybridized carbons (Fsp3) is 0.500. The maximum Gasteiger partial charge on any atom is 0.169 e. The molecule has 0 unspecified atom stereocenters. The van der Waals surface area contributed by atoms with Gasteiger partial charge >= 0.3 is 0 Å². The van der Waals surface area contributed by atoms with Gasteiger partial charge in [-0.05, 0) is 25.7 Å². The Balaban J connectivity index is 2.64. The molecule has 0 heterocycles. The van der Waals surface area contributed by atoms with Gasteiger partial charge in [-0.2, -0.15) is 5.26 Å². The third-order valence-corrected chi connectivity index (χ3v) is 1.52. The van der Waals surface area contributed by atoms with Crippen molar-refractivity contribution in [2.75, 3.05) is 0 Å². The molecule has 0 radical (unpaired) electrons. The SMILES string of the molecule is CC(=O)/C(C#N)=C\C1CC1. The lowest BCUT2D eigenvalue weighted by Gasteiger charge is -1.86. The normalized spacial score (nSPS) is 18.2. The highest BCUT2D eigenvalue weighted by molar-refractivity contribution is 5.97. The molecule has 1 aliphatic carbocycles. The highest BCUT2D eigenvalue weighted by Gasteiger charge is 2.20. The van der Waals surface area contributed by atoms with Crippen LogP contribution in [0, 0.1) is 17.2 Å². The Labute approximate surface area is 60.2 Å². The Morgan fingerprint density at radius 2 is 2.30 bits per heavy atom. The number of nitrogens with zero attached hydrogens (tertiary/aromatic N) is 1. The maximum atomic E-state index is 10.6. The summed E-state index contributed by atoms with van der Waals surface area (Å²) in [5.41, 5.74) is 0.322. The van der Waals surface area contributed by atoms with Crippen molar-refractivity contribution in [1.29, 1.82) is 5.26 Å². The number of ketones is 1. The van der Waals surface area contributed by atoms with Crippen LogP contribution in [0.2, 0.25) is 0 Å². The van der Waals surface area contributed by atoms with Crippen molar-refractivity contribution in [3.63, 3.8) is 0 Å². The predicted octanol–water partition coefficient (Wildman–Crippen LogP) is 1.44. The van der Waals surface area contributed by atoms with Crippen LogP contribution in [0.3, 0.4) is 0 Å². The fourth-order valence-electron chi connectivity index (χ4n) is 0.732. The summed E-state index contributed by atoms with van der Waals surface area (Å²) in [4.78, 5) is 10.6. The number of nitriles is 1. The van der Waals surface area contributed by atoms with Crippen molar-refractivity contribution in [1.82, 2.24) is 0 Å². The molecule has 1 rings (SSSR count). The Kier molecular flexibility index (Phi) is 1.86. The number of carbonyl (C=O) groups excluding carboxylic acids is 1. The Bertz CT molecular complexity index is 218. The Morgan fingerprint density at radius 3 is 2.60 bits per heavy atom. The first-order valence-corrected chi connectivity index (χ1v) is 3.37. The van der Waals surface area contributed by atoms with E-state index in [9.17, 15) is 4.79 Å². The first kappa shape index (κ1) is 7.01. The molecule has 0 atom stereocenters. The van der Waals surface area contributed by atoms with Gasteiger partial charge in [-0.3, -0.25) is 4.79 Å². The molecule has 0 saturated heterocycles. The largest absolute Gasteiger partial charge is 0.294 e. The Morgan fingerprint density at radius 1 is 1.70 bits per heavy atom. The molecule has 10 heavy (non-hydrogen) atoms. The van der Waals surface area contributed by atoms with Crippen LogP contribution in [0.4, 0.5) is 0 Å². The number of Topliss-reactive ketones (excluding diaryl/α,β-unsaturated/α-hetero) is 1. The molecular formula is C8H9NO. The smallest absolute Gasteiger partial charge is 0.169 e. The summed E-state index contributed by atoms with van der Waals surface area (Å²) in [5.74, 6) is 0.396. The third-order valence-electron chi connectivity index (χ3n) is 1.52. The van der Waals surface area contributed by atoms with E-state index < -0.39 is 0 Å². The van der Waals surface area contributed by atoms with Crippen LogP contribution in [0.5, 0.6) is 0 Å². The average Bonchev–Trinajstić information content (AvgIpc) is 2.64. The van der Waals surface area contributed by atoms with Crippen molar-refractivity contribution in [2.45, 2.75) is 19.8 Å². The van der Waals surface area contributed by atoms with E-state index in [-0.39, 0.29) is 5.78 Å². The molecule has 0 spiro atoms. The number of hydrogen-bond acceptors (Lipinski definition) is 2. The molecular weight excluding hydrogens is 126 g/mol. The van der Waals surface area contributed by atoms with E-state index >= 15 is 0 Å². The second kappa shape index (κ2) is 2.66. The minimum Gasteiger partial charge on any atom is -0.294 e. The molecule has 1 aliphatic rings. The molecule has 1 saturated carbocycles. The van der Waals surface area contributed by atoms with E-state index in [1.807, 2.05) is 6.07 Å². The second-order valence-corrected chi connectivity index (χ2v) is 2.59. The van der Waals surface area contributed by atoms with Crippen LogP contribution in [0.1, 0.15) is 19.8 Å². The Hall–Kier alpha value is -1.10. The molecule has 0 amide bonds. The molecule has 2 heteroatoms. The summed E-state index contributed by atoms with van der Waals surface area (Å²) in [6, 6.07) is 1.88. The summed E-state index contributed by atoms with van der Waals surface area (Å²) in [6.07, 6.45) is 4.05. The van der Waals surface area contributed by atoms with Crippen LogP contribution >= 0.6 is 0 Å². The first-order valence-electron chi connectivity index (χ1n) is 3.37. The fourth-order valence-corrected chi connectivity index (χ4v) is 0.732. The minimum absolute atomic E-state index is 0.116. The predicted molar refractivity (Wildman–Crippen MR) is 37.1 cm³/mol. The van der Waals surface area contributed by atoms with Crippen molar-refractivity contribution in [3.05, 3.63) is 11.6 Å². The van der Waals surface area contributed by atoms with E-state index in [1.54, 1.807) is 6.08 Å². The molecule has 0 aromatic rings. The highest BCUT2D eigenvalue weighted by atomic mass is 16.1. The lowest BCUT2D eigenvalue weighted by Crippen LogP contribution is -1.93. The van der Waals surface area contributed by atoms with E-state index in [1.165, 1.54) is 6.92 Å². The van der Waals surface area contributed by atoms with Crippen LogP contribution in [0.15, 0.2) is 11.6 Å². The molecule has 0 bridgehead atoms. The molecule has 0 aromatic carbocycles. The van der Waals surface area contributed by atoms with Crippen molar-refractivity contribution in [2.24, 2.45) is 5.92 Å². The summed E-state index contributed by atoms with van der Waals surface area (Å²) >= 11 is 0. The van der Waals surface area contributed by atoms with Crippen LogP contribution < -0.4 is 0 Å². The zero-order valence-electron chi connectivity index (χ0n) is 5.92. The molecule has 0 aliphatic heterocycles. The number of allylic oxidation sites excluding steroid dienone is 2. The third kappa shape index (κ3) is 1.70. The molecule has 52 valence electrons. The molecule has 1 fully saturated rings. The summed E-state index contributed by atoms with van der Waals surface area (Å²) in [6.45, 7) is 1.43. The number of hydrogen-bond donors (Lipinski definition) is 0. The maximum absolute atomic E-state index is 10.6. The van der Waals surface area contributed by atoms with Gasteiger partial charge < -0.3 is 0 Å². The quantitative estimate of drug-likeness (QED) is 0.424. The van der Waals surface area contributed by atoms with Gasteiger partial charge in [0.1, 0.15) is 6.07 Å². The second-order valence-electron chi connectivity index (χ2n) is 2.59. The zero-order valence-corrected chi connectivity index (χ0v) is 5.92. The summed E-state index contributed by atoms with van der Waals surface area (Å²) in [7, 11) is 0. The van der Waals surface area contributed by atoms with Gasteiger partial charge in [0.2, 0.25) is 0 Å². The number of carbonyl (C=O) groups is 1. The average molecular weight is 135 g/mol. The van der Waals surface area contributed by atoms with Crippen LogP contribution in [-0.2, 0) is 4.79 Å². The van der Waals surface area contributed by atoms with E-state index in [0.717, 1.165) is 12.8 Å². The lowest BCUT2D eigenvalue weighted by molar-refractivity contribution is -0.113. The lowest BCUT2D eigenvalue weighted by atomic mass is 10.1. The first-order chi connectivity index (χ1) is 4.74. The van der Waals surface area contributed by atoms with Gasteiger partial charge in [0.25, 0.3) is 0 Å². The van der Waals surface area contributed by atoms with Gasteiger partial charge in [0.15, 0.2) is 5.78 Å². The van der Waals surface area contributed by atoms with Gasteiger partial charge in [0.05, 0.1) is 5.57 Å². The zero-order chi connectivity index (χ0) is 7.56. The van der Waals surface area contributed by atoms with E-state index in [0.29, 0.717) is 11.5 Å². The van der Waals surface area contributed by atoms with E-state index in [2.05, 4.69) is 0 Å². The van der Waals surface area contributed by atoms with Gasteiger partial charge in [-0.25, -0.2) is 0 Å². The summed E-state index contributed by atoms with van der Waals surface area (Å²) < 4.78 is 0. The topological polar surface area (TPSA) is 40.9 Å². The number of rotatable bonds is 2. The molecule has 2 nitrogen and oxygen atoms in total. The van der Waals surface area contributed by atoms with Crippen LogP contribution in [-0.4, -0.2) is 5.78 Å². The molecule has 0 N–H and O–H groups in total. The van der Waals surface area contributed by atoms with Crippen LogP contribution in [0.25, 0.3) is 0 Å². The highest BCUT2D eigenvalue weighted by Crippen LogP contribution is 2.31. The van der Waals surface area contributed by atoms with Crippen molar-refractivity contribution < 1.29 is 4.79 Å². The molecule has 0 aromatic heterocycles.